The molecular weight excluding hydrogens is 584 g/mol. The van der Waals surface area contributed by atoms with Crippen LogP contribution in [0.1, 0.15) is 35.3 Å². The van der Waals surface area contributed by atoms with Gasteiger partial charge in [-0.05, 0) is 43.2 Å². The fraction of sp³-hybridized carbons (Fsp3) is 0.483. The van der Waals surface area contributed by atoms with Gasteiger partial charge in [0.2, 0.25) is 5.91 Å². The third-order valence-electron chi connectivity index (χ3n) is 7.57. The summed E-state index contributed by atoms with van der Waals surface area (Å²) in [5, 5.41) is 4.24. The van der Waals surface area contributed by atoms with Crippen molar-refractivity contribution >= 4 is 17.7 Å². The van der Waals surface area contributed by atoms with Crippen LogP contribution < -0.4 is 15.4 Å². The summed E-state index contributed by atoms with van der Waals surface area (Å²) in [6.45, 7) is 0.470. The molecule has 2 aromatic rings. The first-order chi connectivity index (χ1) is 19.9. The molecule has 3 amide bonds. The highest BCUT2D eigenvalue weighted by atomic mass is 19.4. The van der Waals surface area contributed by atoms with Crippen molar-refractivity contribution < 1.29 is 50.2 Å². The van der Waals surface area contributed by atoms with Gasteiger partial charge in [0.15, 0.2) is 6.10 Å². The first kappa shape index (κ1) is 33.7. The van der Waals surface area contributed by atoms with Gasteiger partial charge in [-0.15, -0.1) is 0 Å². The predicted octanol–water partition coefficient (Wildman–Crippen LogP) is 4.05. The second-order valence-electron chi connectivity index (χ2n) is 10.8. The average Bonchev–Trinajstić information content (AvgIpc) is 3.10. The first-order valence-electron chi connectivity index (χ1n) is 13.2. The zero-order valence-corrected chi connectivity index (χ0v) is 24.2. The zero-order chi connectivity index (χ0) is 32.3. The van der Waals surface area contributed by atoms with E-state index >= 15 is 8.78 Å². The predicted molar refractivity (Wildman–Crippen MR) is 143 cm³/mol. The number of carbonyl (C=O) groups excluding carboxylic acids is 3. The van der Waals surface area contributed by atoms with E-state index in [2.05, 4.69) is 5.32 Å². The number of halogens is 6. The number of hydrogen-bond donors (Lipinski definition) is 2. The average molecular weight is 618 g/mol. The number of amides is 3. The molecule has 14 heteroatoms. The maximum absolute atomic E-state index is 15.2. The maximum atomic E-state index is 15.2. The van der Waals surface area contributed by atoms with Crippen LogP contribution in [0.4, 0.5) is 26.3 Å². The highest BCUT2D eigenvalue weighted by Crippen LogP contribution is 2.48. The van der Waals surface area contributed by atoms with Gasteiger partial charge in [-0.1, -0.05) is 32.0 Å². The Morgan fingerprint density at radius 3 is 2.33 bits per heavy atom. The van der Waals surface area contributed by atoms with E-state index in [4.69, 9.17) is 9.47 Å². The summed E-state index contributed by atoms with van der Waals surface area (Å²) in [5.74, 6) is -7.21. The van der Waals surface area contributed by atoms with E-state index in [-0.39, 0.29) is 12.0 Å². The molecule has 0 bridgehead atoms. The van der Waals surface area contributed by atoms with E-state index in [9.17, 15) is 31.9 Å². The molecule has 0 spiro atoms. The van der Waals surface area contributed by atoms with Crippen LogP contribution in [0.25, 0.3) is 0 Å². The topological polar surface area (TPSA) is 97.0 Å². The van der Waals surface area contributed by atoms with Gasteiger partial charge in [0, 0.05) is 18.2 Å². The Morgan fingerprint density at radius 2 is 1.74 bits per heavy atom. The van der Waals surface area contributed by atoms with Crippen LogP contribution in [0.5, 0.6) is 5.75 Å². The number of hydrogen-bond acceptors (Lipinski definition) is 5. The first-order valence-corrected chi connectivity index (χ1v) is 13.2. The third-order valence-corrected chi connectivity index (χ3v) is 7.57. The number of ether oxygens (including phenoxy) is 2. The number of rotatable bonds is 10. The molecule has 0 aromatic heterocycles. The molecule has 236 valence electrons. The van der Waals surface area contributed by atoms with Crippen LogP contribution >= 0.6 is 0 Å². The minimum Gasteiger partial charge on any atom is -0.496 e. The largest absolute Gasteiger partial charge is 0.496 e. The Hall–Kier alpha value is -3.81. The van der Waals surface area contributed by atoms with Gasteiger partial charge < -0.3 is 25.0 Å². The Labute approximate surface area is 244 Å². The molecule has 0 unspecified atom stereocenters. The van der Waals surface area contributed by atoms with E-state index in [0.717, 1.165) is 27.0 Å². The number of alkyl halides is 5. The summed E-state index contributed by atoms with van der Waals surface area (Å²) in [6.07, 6.45) is -6.75. The SMILES string of the molecule is COc1cccc(C(=O)N[C@@H](Cc2cccc(F)c2)[C@H](OC)C(=O)N2CC(F)(F)C(C)(C)[C@H]2C(=O)NCC(F)(F)F)c1C. The highest BCUT2D eigenvalue weighted by molar-refractivity contribution is 5.97. The molecule has 3 atom stereocenters. The van der Waals surface area contributed by atoms with Crippen LogP contribution in [0.2, 0.25) is 0 Å². The minimum atomic E-state index is -4.83. The third kappa shape index (κ3) is 7.40. The van der Waals surface area contributed by atoms with Gasteiger partial charge in [0.1, 0.15) is 24.2 Å². The monoisotopic (exact) mass is 617 g/mol. The lowest BCUT2D eigenvalue weighted by molar-refractivity contribution is -0.152. The molecule has 0 saturated carbocycles. The molecule has 1 saturated heterocycles. The van der Waals surface area contributed by atoms with Gasteiger partial charge in [-0.2, -0.15) is 13.2 Å². The number of nitrogens with one attached hydrogen (secondary N) is 2. The van der Waals surface area contributed by atoms with Crippen molar-refractivity contribution in [3.63, 3.8) is 0 Å². The number of carbonyl (C=O) groups is 3. The van der Waals surface area contributed by atoms with E-state index in [1.54, 1.807) is 24.4 Å². The van der Waals surface area contributed by atoms with Crippen LogP contribution in [-0.4, -0.2) is 80.2 Å². The number of benzene rings is 2. The molecule has 2 N–H and O–H groups in total. The number of nitrogens with zero attached hydrogens (tertiary/aromatic N) is 1. The molecule has 8 nitrogen and oxygen atoms in total. The lowest BCUT2D eigenvalue weighted by Gasteiger charge is -2.35. The van der Waals surface area contributed by atoms with E-state index in [1.807, 2.05) is 0 Å². The van der Waals surface area contributed by atoms with Gasteiger partial charge in [0.05, 0.1) is 25.1 Å². The standard InChI is InChI=1S/C29H33F6N3O5/c1-16-19(10-7-11-21(16)42-4)24(39)37-20(13-17-8-6-9-18(30)12-17)22(43-5)26(41)38-15-28(31,32)27(2,3)23(38)25(40)36-14-29(33,34)35/h6-12,20,22-23H,13-15H2,1-5H3,(H,36,40)(H,37,39)/t20-,22-,23+/m0/s1. The molecule has 43 heavy (non-hydrogen) atoms. The van der Waals surface area contributed by atoms with Crippen molar-refractivity contribution in [2.75, 3.05) is 27.3 Å². The molecular formula is C29H33F6N3O5. The fourth-order valence-corrected chi connectivity index (χ4v) is 5.14. The van der Waals surface area contributed by atoms with Crippen molar-refractivity contribution in [2.24, 2.45) is 5.41 Å². The van der Waals surface area contributed by atoms with Crippen molar-refractivity contribution in [3.8, 4) is 5.75 Å². The van der Waals surface area contributed by atoms with E-state index in [1.165, 1.54) is 31.4 Å². The summed E-state index contributed by atoms with van der Waals surface area (Å²) in [4.78, 5) is 40.6. The summed E-state index contributed by atoms with van der Waals surface area (Å²) in [6, 6.07) is 6.58. The maximum Gasteiger partial charge on any atom is 0.405 e. The van der Waals surface area contributed by atoms with Crippen LogP contribution in [0.3, 0.4) is 0 Å². The van der Waals surface area contributed by atoms with Gasteiger partial charge in [-0.25, -0.2) is 13.2 Å². The summed E-state index contributed by atoms with van der Waals surface area (Å²) in [5.41, 5.74) is -1.34. The Kier molecular flexibility index (Phi) is 10.0. The normalized spacial score (nSPS) is 19.0. The molecule has 0 aliphatic carbocycles. The lowest BCUT2D eigenvalue weighted by atomic mass is 9.81. The second kappa shape index (κ2) is 12.8. The van der Waals surface area contributed by atoms with E-state index < -0.39 is 72.3 Å². The van der Waals surface area contributed by atoms with Crippen LogP contribution in [-0.2, 0) is 20.7 Å². The van der Waals surface area contributed by atoms with Crippen LogP contribution in [0.15, 0.2) is 42.5 Å². The van der Waals surface area contributed by atoms with Gasteiger partial charge in [0.25, 0.3) is 17.7 Å². The molecule has 0 radical (unpaired) electrons. The van der Waals surface area contributed by atoms with E-state index in [0.29, 0.717) is 21.8 Å². The second-order valence-corrected chi connectivity index (χ2v) is 10.8. The Bertz CT molecular complexity index is 1350. The molecule has 1 aliphatic rings. The highest BCUT2D eigenvalue weighted by Gasteiger charge is 2.65. The summed E-state index contributed by atoms with van der Waals surface area (Å²) < 4.78 is 93.5. The minimum absolute atomic E-state index is 0.157. The number of likely N-dealkylation sites (tertiary alicyclic amines) is 1. The van der Waals surface area contributed by atoms with Gasteiger partial charge >= 0.3 is 6.18 Å². The molecule has 1 fully saturated rings. The van der Waals surface area contributed by atoms with Crippen molar-refractivity contribution in [3.05, 3.63) is 65.0 Å². The van der Waals surface area contributed by atoms with Crippen molar-refractivity contribution in [2.45, 2.75) is 57.5 Å². The summed E-state index contributed by atoms with van der Waals surface area (Å²) >= 11 is 0. The quantitative estimate of drug-likeness (QED) is 0.393. The lowest BCUT2D eigenvalue weighted by Crippen LogP contribution is -2.58. The molecule has 1 heterocycles. The van der Waals surface area contributed by atoms with Crippen LogP contribution in [0, 0.1) is 18.2 Å². The molecule has 2 aromatic carbocycles. The molecule has 3 rings (SSSR count). The molecule has 1 aliphatic heterocycles. The Morgan fingerprint density at radius 1 is 1.09 bits per heavy atom. The fourth-order valence-electron chi connectivity index (χ4n) is 5.14. The number of methoxy groups -OCH3 is 2. The van der Waals surface area contributed by atoms with Gasteiger partial charge in [-0.3, -0.25) is 14.4 Å². The van der Waals surface area contributed by atoms with Crippen molar-refractivity contribution in [1.82, 2.24) is 15.5 Å². The smallest absolute Gasteiger partial charge is 0.405 e. The Balaban J connectivity index is 2.02. The summed E-state index contributed by atoms with van der Waals surface area (Å²) in [7, 11) is 2.48. The van der Waals surface area contributed by atoms with Crippen molar-refractivity contribution in [1.29, 1.82) is 0 Å². The zero-order valence-electron chi connectivity index (χ0n) is 24.2.